The molecule has 154 valence electrons. The summed E-state index contributed by atoms with van der Waals surface area (Å²) < 4.78 is 47.3. The summed E-state index contributed by atoms with van der Waals surface area (Å²) in [4.78, 5) is 23.0. The van der Waals surface area contributed by atoms with Gasteiger partial charge in [0.2, 0.25) is 5.91 Å². The van der Waals surface area contributed by atoms with Crippen LogP contribution >= 0.6 is 12.2 Å². The average Bonchev–Trinajstić information content (AvgIpc) is 3.05. The van der Waals surface area contributed by atoms with Crippen LogP contribution in [0.2, 0.25) is 0 Å². The molecular formula is C19H19F3N4O2S. The average molecular weight is 424 g/mol. The number of nitrogens with zero attached hydrogens (tertiary/aromatic N) is 3. The van der Waals surface area contributed by atoms with Crippen LogP contribution in [0.1, 0.15) is 18.3 Å². The number of fused-ring (bicyclic) bond motifs is 1. The van der Waals surface area contributed by atoms with Gasteiger partial charge in [-0.25, -0.2) is 13.8 Å². The molecule has 4 rings (SSSR count). The van der Waals surface area contributed by atoms with Crippen molar-refractivity contribution in [3.05, 3.63) is 45.6 Å². The Morgan fingerprint density at radius 2 is 2.00 bits per heavy atom. The maximum Gasteiger partial charge on any atom is 0.234 e. The molecule has 2 aliphatic rings. The van der Waals surface area contributed by atoms with Gasteiger partial charge in [0.15, 0.2) is 23.3 Å². The van der Waals surface area contributed by atoms with Crippen molar-refractivity contribution < 1.29 is 22.7 Å². The van der Waals surface area contributed by atoms with Crippen LogP contribution in [0.3, 0.4) is 0 Å². The van der Waals surface area contributed by atoms with Crippen molar-refractivity contribution in [1.29, 1.82) is 0 Å². The van der Waals surface area contributed by atoms with Crippen LogP contribution in [0.4, 0.5) is 24.7 Å². The number of ether oxygens (including phenoxy) is 1. The van der Waals surface area contributed by atoms with Gasteiger partial charge in [-0.1, -0.05) is 12.2 Å². The molecule has 10 heteroatoms. The molecule has 1 fully saturated rings. The number of hydrogen-bond acceptors (Lipinski definition) is 5. The summed E-state index contributed by atoms with van der Waals surface area (Å²) in [6.45, 7) is 3.60. The van der Waals surface area contributed by atoms with Crippen molar-refractivity contribution in [1.82, 2.24) is 9.97 Å². The van der Waals surface area contributed by atoms with Gasteiger partial charge in [0.25, 0.3) is 0 Å². The van der Waals surface area contributed by atoms with Gasteiger partial charge in [-0.3, -0.25) is 4.79 Å². The second kappa shape index (κ2) is 7.75. The minimum Gasteiger partial charge on any atom is -0.378 e. The number of carbonyl (C=O) groups excluding carboxylic acids is 1. The number of morpholine rings is 1. The molecule has 29 heavy (non-hydrogen) atoms. The number of rotatable bonds is 3. The number of benzene rings is 1. The predicted octanol–water partition coefficient (Wildman–Crippen LogP) is 2.91. The van der Waals surface area contributed by atoms with E-state index in [2.05, 4.69) is 9.97 Å². The Kier molecular flexibility index (Phi) is 5.30. The molecule has 0 radical (unpaired) electrons. The number of aromatic amines is 1. The third-order valence-corrected chi connectivity index (χ3v) is 5.44. The normalized spacial score (nSPS) is 18.8. The van der Waals surface area contributed by atoms with Gasteiger partial charge in [-0.05, 0) is 25.5 Å². The Labute approximate surface area is 170 Å². The highest BCUT2D eigenvalue weighted by molar-refractivity contribution is 7.71. The van der Waals surface area contributed by atoms with E-state index >= 15 is 0 Å². The summed E-state index contributed by atoms with van der Waals surface area (Å²) in [5, 5.41) is 0. The van der Waals surface area contributed by atoms with Crippen molar-refractivity contribution >= 4 is 29.6 Å². The van der Waals surface area contributed by atoms with Crippen molar-refractivity contribution in [2.45, 2.75) is 25.8 Å². The Hall–Kier alpha value is -2.46. The summed E-state index contributed by atoms with van der Waals surface area (Å²) in [7, 11) is 0. The topological polar surface area (TPSA) is 61.5 Å². The summed E-state index contributed by atoms with van der Waals surface area (Å²) in [5.74, 6) is -2.58. The largest absolute Gasteiger partial charge is 0.378 e. The summed E-state index contributed by atoms with van der Waals surface area (Å²) >= 11 is 5.06. The molecule has 2 aliphatic heterocycles. The van der Waals surface area contributed by atoms with E-state index in [1.54, 1.807) is 11.8 Å². The first-order valence-corrected chi connectivity index (χ1v) is 9.68. The second-order valence-electron chi connectivity index (χ2n) is 7.10. The molecular weight excluding hydrogens is 405 g/mol. The van der Waals surface area contributed by atoms with Crippen LogP contribution < -0.4 is 9.80 Å². The number of nitrogens with one attached hydrogen (secondary N) is 1. The van der Waals surface area contributed by atoms with Crippen LogP contribution in [0, 0.1) is 22.1 Å². The fraction of sp³-hybridized carbons (Fsp3) is 0.421. The molecule has 3 heterocycles. The van der Waals surface area contributed by atoms with Gasteiger partial charge in [0, 0.05) is 24.7 Å². The lowest BCUT2D eigenvalue weighted by atomic mass is 10.1. The number of aromatic nitrogens is 2. The quantitative estimate of drug-likeness (QED) is 0.768. The number of hydrogen-bond donors (Lipinski definition) is 1. The minimum atomic E-state index is -0.940. The van der Waals surface area contributed by atoms with E-state index in [0.717, 1.165) is 6.07 Å². The van der Waals surface area contributed by atoms with Crippen molar-refractivity contribution in [2.75, 3.05) is 36.1 Å². The smallest absolute Gasteiger partial charge is 0.234 e. The van der Waals surface area contributed by atoms with Gasteiger partial charge in [-0.15, -0.1) is 0 Å². The number of amides is 1. The van der Waals surface area contributed by atoms with E-state index in [4.69, 9.17) is 17.0 Å². The highest BCUT2D eigenvalue weighted by Gasteiger charge is 2.34. The Morgan fingerprint density at radius 1 is 1.28 bits per heavy atom. The molecule has 1 saturated heterocycles. The van der Waals surface area contributed by atoms with Crippen LogP contribution in [-0.2, 0) is 22.4 Å². The van der Waals surface area contributed by atoms with Gasteiger partial charge in [0.05, 0.1) is 25.3 Å². The van der Waals surface area contributed by atoms with E-state index in [-0.39, 0.29) is 46.6 Å². The van der Waals surface area contributed by atoms with E-state index in [9.17, 15) is 18.0 Å². The fourth-order valence-electron chi connectivity index (χ4n) is 3.80. The maximum atomic E-state index is 14.5. The van der Waals surface area contributed by atoms with Crippen molar-refractivity contribution in [2.24, 2.45) is 0 Å². The number of carbonyl (C=O) groups is 1. The van der Waals surface area contributed by atoms with E-state index < -0.39 is 17.5 Å². The zero-order valence-electron chi connectivity index (χ0n) is 15.7. The number of halogens is 3. The number of anilines is 2. The lowest BCUT2D eigenvalue weighted by Gasteiger charge is -2.28. The van der Waals surface area contributed by atoms with Crippen LogP contribution in [0.15, 0.2) is 12.1 Å². The molecule has 0 aliphatic carbocycles. The van der Waals surface area contributed by atoms with Crippen molar-refractivity contribution in [3.63, 3.8) is 0 Å². The first-order chi connectivity index (χ1) is 13.9. The zero-order chi connectivity index (χ0) is 20.7. The van der Waals surface area contributed by atoms with Crippen LogP contribution in [0.5, 0.6) is 0 Å². The van der Waals surface area contributed by atoms with E-state index in [0.29, 0.717) is 32.0 Å². The van der Waals surface area contributed by atoms with Crippen molar-refractivity contribution in [3.8, 4) is 0 Å². The van der Waals surface area contributed by atoms with Crippen LogP contribution in [-0.4, -0.2) is 48.2 Å². The van der Waals surface area contributed by atoms with Gasteiger partial charge in [-0.2, -0.15) is 4.39 Å². The van der Waals surface area contributed by atoms with E-state index in [1.807, 2.05) is 0 Å². The third-order valence-electron chi connectivity index (χ3n) is 5.16. The minimum absolute atomic E-state index is 0.0860. The Balaban J connectivity index is 1.62. The molecule has 6 nitrogen and oxygen atoms in total. The van der Waals surface area contributed by atoms with Gasteiger partial charge < -0.3 is 19.5 Å². The molecule has 0 spiro atoms. The lowest BCUT2D eigenvalue weighted by Crippen LogP contribution is -2.38. The molecule has 1 atom stereocenters. The molecule has 2 aromatic rings. The summed E-state index contributed by atoms with van der Waals surface area (Å²) in [6.07, 6.45) is 0.0422. The molecule has 0 bridgehead atoms. The maximum absolute atomic E-state index is 14.5. The van der Waals surface area contributed by atoms with Gasteiger partial charge in [0.1, 0.15) is 10.5 Å². The van der Waals surface area contributed by atoms with Gasteiger partial charge >= 0.3 is 0 Å². The monoisotopic (exact) mass is 424 g/mol. The molecule has 0 saturated carbocycles. The Morgan fingerprint density at radius 3 is 2.72 bits per heavy atom. The second-order valence-corrected chi connectivity index (χ2v) is 7.51. The molecule has 1 amide bonds. The number of H-pyrrole nitrogens is 1. The summed E-state index contributed by atoms with van der Waals surface area (Å²) in [6, 6.07) is 2.07. The van der Waals surface area contributed by atoms with E-state index in [1.165, 1.54) is 11.0 Å². The third kappa shape index (κ3) is 3.62. The standard InChI is InChI=1S/C19H19F3N4O2S/c1-10-8-11-13(3-2-12(20)16(11)21)26(10)15(27)9-14-23-18(17(22)19(29)24-14)25-4-6-28-7-5-25/h2-3,10H,4-9H2,1H3,(H,23,24,29). The molecule has 1 aromatic carbocycles. The lowest BCUT2D eigenvalue weighted by molar-refractivity contribution is -0.118. The zero-order valence-corrected chi connectivity index (χ0v) is 16.5. The fourth-order valence-corrected chi connectivity index (χ4v) is 4.00. The predicted molar refractivity (Wildman–Crippen MR) is 103 cm³/mol. The molecule has 1 aromatic heterocycles. The summed E-state index contributed by atoms with van der Waals surface area (Å²) in [5.41, 5.74) is 0.523. The molecule has 1 N–H and O–H groups in total. The Bertz CT molecular complexity index is 1020. The highest BCUT2D eigenvalue weighted by Crippen LogP contribution is 2.35. The first-order valence-electron chi connectivity index (χ1n) is 9.27. The first kappa shape index (κ1) is 19.8. The van der Waals surface area contributed by atoms with Crippen LogP contribution in [0.25, 0.3) is 0 Å². The molecule has 1 unspecified atom stereocenters. The SMILES string of the molecule is CC1Cc2c(ccc(F)c2F)N1C(=O)Cc1nc(N2CCOCC2)c(F)c(=S)[nH]1. The highest BCUT2D eigenvalue weighted by atomic mass is 32.1.